The molecule has 1 N–H and O–H groups in total. The lowest BCUT2D eigenvalue weighted by Gasteiger charge is -2.35. The molecule has 1 saturated carbocycles. The van der Waals surface area contributed by atoms with Gasteiger partial charge < -0.3 is 19.5 Å². The Morgan fingerprint density at radius 2 is 1.88 bits per heavy atom. The van der Waals surface area contributed by atoms with Crippen molar-refractivity contribution in [2.45, 2.75) is 37.5 Å². The standard InChI is InChI=1S/C20H23NO4S/c1-23-19(22)18-16(13-17(26-18)14-5-3-2-4-6-14)21-15-7-9-20(10-8-15)24-11-12-25-20/h2-6,13,15,21H,7-12H2,1H3. The van der Waals surface area contributed by atoms with Crippen LogP contribution in [0.4, 0.5) is 5.69 Å². The average molecular weight is 373 g/mol. The van der Waals surface area contributed by atoms with Gasteiger partial charge in [-0.3, -0.25) is 0 Å². The Bertz CT molecular complexity index is 757. The molecule has 138 valence electrons. The van der Waals surface area contributed by atoms with Gasteiger partial charge in [0.25, 0.3) is 0 Å². The number of ether oxygens (including phenoxy) is 3. The van der Waals surface area contributed by atoms with E-state index in [9.17, 15) is 4.79 Å². The Kier molecular flexibility index (Phi) is 4.98. The van der Waals surface area contributed by atoms with Crippen LogP contribution in [0.25, 0.3) is 10.4 Å². The summed E-state index contributed by atoms with van der Waals surface area (Å²) in [6, 6.07) is 12.5. The minimum atomic E-state index is -0.368. The van der Waals surface area contributed by atoms with Crippen molar-refractivity contribution in [3.8, 4) is 10.4 Å². The molecule has 1 aliphatic heterocycles. The number of nitrogens with one attached hydrogen (secondary N) is 1. The first-order valence-corrected chi connectivity index (χ1v) is 9.83. The first-order valence-electron chi connectivity index (χ1n) is 9.01. The van der Waals surface area contributed by atoms with Gasteiger partial charge in [-0.1, -0.05) is 30.3 Å². The number of methoxy groups -OCH3 is 1. The van der Waals surface area contributed by atoms with Crippen LogP contribution in [0, 0.1) is 0 Å². The highest BCUT2D eigenvalue weighted by atomic mass is 32.1. The molecule has 6 heteroatoms. The predicted molar refractivity (Wildman–Crippen MR) is 102 cm³/mol. The van der Waals surface area contributed by atoms with Gasteiger partial charge in [0, 0.05) is 23.8 Å². The van der Waals surface area contributed by atoms with E-state index in [2.05, 4.69) is 23.5 Å². The molecule has 0 unspecified atom stereocenters. The SMILES string of the molecule is COC(=O)c1sc(-c2ccccc2)cc1NC1CCC2(CC1)OCCO2. The molecule has 1 saturated heterocycles. The molecular weight excluding hydrogens is 350 g/mol. The molecule has 5 nitrogen and oxygen atoms in total. The summed E-state index contributed by atoms with van der Waals surface area (Å²) < 4.78 is 16.6. The van der Waals surface area contributed by atoms with Crippen molar-refractivity contribution in [3.63, 3.8) is 0 Å². The van der Waals surface area contributed by atoms with E-state index in [1.54, 1.807) is 0 Å². The van der Waals surface area contributed by atoms with E-state index in [0.717, 1.165) is 41.8 Å². The number of carbonyl (C=O) groups is 1. The quantitative estimate of drug-likeness (QED) is 0.810. The molecule has 2 fully saturated rings. The minimum absolute atomic E-state index is 0.297. The molecule has 1 spiro atoms. The Labute approximate surface area is 157 Å². The van der Waals surface area contributed by atoms with Crippen LogP contribution < -0.4 is 5.32 Å². The lowest BCUT2D eigenvalue weighted by molar-refractivity contribution is -0.177. The fourth-order valence-corrected chi connectivity index (χ4v) is 4.74. The summed E-state index contributed by atoms with van der Waals surface area (Å²) in [7, 11) is 1.42. The third kappa shape index (κ3) is 3.49. The van der Waals surface area contributed by atoms with Gasteiger partial charge in [0.2, 0.25) is 0 Å². The zero-order valence-corrected chi connectivity index (χ0v) is 15.6. The highest BCUT2D eigenvalue weighted by Crippen LogP contribution is 2.39. The summed E-state index contributed by atoms with van der Waals surface area (Å²) in [5.74, 6) is -0.665. The van der Waals surface area contributed by atoms with E-state index in [1.807, 2.05) is 18.2 Å². The van der Waals surface area contributed by atoms with Crippen LogP contribution >= 0.6 is 11.3 Å². The van der Waals surface area contributed by atoms with Crippen LogP contribution in [0.3, 0.4) is 0 Å². The lowest BCUT2D eigenvalue weighted by Crippen LogP contribution is -2.39. The van der Waals surface area contributed by atoms with Crippen molar-refractivity contribution in [2.75, 3.05) is 25.6 Å². The largest absolute Gasteiger partial charge is 0.465 e. The number of carbonyl (C=O) groups excluding carboxylic acids is 1. The number of anilines is 1. The van der Waals surface area contributed by atoms with Crippen LogP contribution in [0.5, 0.6) is 0 Å². The van der Waals surface area contributed by atoms with Crippen molar-refractivity contribution in [1.29, 1.82) is 0 Å². The van der Waals surface area contributed by atoms with Gasteiger partial charge in [-0.25, -0.2) is 4.79 Å². The highest BCUT2D eigenvalue weighted by Gasteiger charge is 2.40. The maximum atomic E-state index is 12.2. The molecule has 0 amide bonds. The molecule has 2 aliphatic rings. The normalized spacial score (nSPS) is 19.6. The van der Waals surface area contributed by atoms with E-state index in [-0.39, 0.29) is 11.8 Å². The second-order valence-electron chi connectivity index (χ2n) is 6.74. The smallest absolute Gasteiger partial charge is 0.350 e. The molecule has 1 aliphatic carbocycles. The number of rotatable bonds is 4. The zero-order chi connectivity index (χ0) is 18.0. The molecule has 1 aromatic carbocycles. The van der Waals surface area contributed by atoms with E-state index in [0.29, 0.717) is 24.1 Å². The van der Waals surface area contributed by atoms with Gasteiger partial charge in [-0.05, 0) is 24.5 Å². The summed E-state index contributed by atoms with van der Waals surface area (Å²) in [5.41, 5.74) is 1.96. The minimum Gasteiger partial charge on any atom is -0.465 e. The molecule has 0 bridgehead atoms. The molecule has 2 aromatic rings. The molecule has 26 heavy (non-hydrogen) atoms. The monoisotopic (exact) mass is 373 g/mol. The molecule has 2 heterocycles. The van der Waals surface area contributed by atoms with Crippen LogP contribution in [0.2, 0.25) is 0 Å². The predicted octanol–water partition coefficient (Wildman–Crippen LogP) is 4.30. The van der Waals surface area contributed by atoms with Crippen molar-refractivity contribution in [2.24, 2.45) is 0 Å². The van der Waals surface area contributed by atoms with E-state index in [1.165, 1.54) is 18.4 Å². The number of esters is 1. The van der Waals surface area contributed by atoms with Gasteiger partial charge in [0.1, 0.15) is 4.88 Å². The summed E-state index contributed by atoms with van der Waals surface area (Å²) in [6.45, 7) is 1.38. The Morgan fingerprint density at radius 3 is 2.54 bits per heavy atom. The van der Waals surface area contributed by atoms with Crippen molar-refractivity contribution in [1.82, 2.24) is 0 Å². The summed E-state index contributed by atoms with van der Waals surface area (Å²) >= 11 is 1.47. The molecular formula is C20H23NO4S. The number of hydrogen-bond acceptors (Lipinski definition) is 6. The van der Waals surface area contributed by atoms with Gasteiger partial charge >= 0.3 is 5.97 Å². The average Bonchev–Trinajstić information content (AvgIpc) is 3.31. The lowest BCUT2D eigenvalue weighted by atomic mass is 9.90. The third-order valence-electron chi connectivity index (χ3n) is 5.08. The zero-order valence-electron chi connectivity index (χ0n) is 14.8. The van der Waals surface area contributed by atoms with Gasteiger partial charge in [0.15, 0.2) is 5.79 Å². The fraction of sp³-hybridized carbons (Fsp3) is 0.450. The van der Waals surface area contributed by atoms with Crippen LogP contribution in [-0.4, -0.2) is 38.1 Å². The molecule has 0 radical (unpaired) electrons. The maximum Gasteiger partial charge on any atom is 0.350 e. The van der Waals surface area contributed by atoms with E-state index < -0.39 is 0 Å². The fourth-order valence-electron chi connectivity index (χ4n) is 3.69. The van der Waals surface area contributed by atoms with Crippen molar-refractivity contribution < 1.29 is 19.0 Å². The third-order valence-corrected chi connectivity index (χ3v) is 6.25. The number of hydrogen-bond donors (Lipinski definition) is 1. The van der Waals surface area contributed by atoms with Gasteiger partial charge in [-0.2, -0.15) is 0 Å². The molecule has 4 rings (SSSR count). The van der Waals surface area contributed by atoms with Crippen LogP contribution in [-0.2, 0) is 14.2 Å². The Hall–Kier alpha value is -1.89. The number of thiophene rings is 1. The Balaban J connectivity index is 1.52. The number of benzene rings is 1. The van der Waals surface area contributed by atoms with Crippen LogP contribution in [0.15, 0.2) is 36.4 Å². The Morgan fingerprint density at radius 1 is 1.19 bits per heavy atom. The molecule has 0 atom stereocenters. The van der Waals surface area contributed by atoms with E-state index in [4.69, 9.17) is 14.2 Å². The summed E-state index contributed by atoms with van der Waals surface area (Å²) in [4.78, 5) is 13.9. The maximum absolute atomic E-state index is 12.2. The topological polar surface area (TPSA) is 56.8 Å². The van der Waals surface area contributed by atoms with Gasteiger partial charge in [-0.15, -0.1) is 11.3 Å². The van der Waals surface area contributed by atoms with Crippen molar-refractivity contribution >= 4 is 23.0 Å². The molecule has 1 aromatic heterocycles. The second-order valence-corrected chi connectivity index (χ2v) is 7.79. The summed E-state index contributed by atoms with van der Waals surface area (Å²) in [6.07, 6.45) is 3.68. The summed E-state index contributed by atoms with van der Waals surface area (Å²) in [5, 5.41) is 3.56. The first kappa shape index (κ1) is 17.5. The second kappa shape index (κ2) is 7.39. The van der Waals surface area contributed by atoms with Crippen LogP contribution in [0.1, 0.15) is 35.4 Å². The van der Waals surface area contributed by atoms with E-state index >= 15 is 0 Å². The van der Waals surface area contributed by atoms with Crippen molar-refractivity contribution in [3.05, 3.63) is 41.3 Å². The van der Waals surface area contributed by atoms with Gasteiger partial charge in [0.05, 0.1) is 26.0 Å². The first-order chi connectivity index (χ1) is 12.7. The highest BCUT2D eigenvalue weighted by molar-refractivity contribution is 7.18.